The third-order valence-corrected chi connectivity index (χ3v) is 8.49. The van der Waals surface area contributed by atoms with Crippen LogP contribution in [0.4, 0.5) is 5.69 Å². The second kappa shape index (κ2) is 10.0. The number of sulfonamides is 1. The summed E-state index contributed by atoms with van der Waals surface area (Å²) in [6, 6.07) is 13.8. The van der Waals surface area contributed by atoms with Crippen molar-refractivity contribution in [3.8, 4) is 0 Å². The highest BCUT2D eigenvalue weighted by molar-refractivity contribution is 7.88. The molecule has 2 aliphatic rings. The van der Waals surface area contributed by atoms with Gasteiger partial charge in [0.25, 0.3) is 0 Å². The largest absolute Gasteiger partial charge is 0.368 e. The summed E-state index contributed by atoms with van der Waals surface area (Å²) in [5.74, 6) is 0.131. The van der Waals surface area contributed by atoms with Gasteiger partial charge in [-0.2, -0.15) is 4.31 Å². The lowest BCUT2D eigenvalue weighted by Gasteiger charge is -2.36. The third-order valence-electron chi connectivity index (χ3n) is 6.49. The molecule has 0 radical (unpaired) electrons. The molecule has 0 aliphatic carbocycles. The summed E-state index contributed by atoms with van der Waals surface area (Å²) in [5.41, 5.74) is 4.51. The van der Waals surface area contributed by atoms with Gasteiger partial charge in [0.1, 0.15) is 5.88 Å². The first-order chi connectivity index (χ1) is 15.7. The Morgan fingerprint density at radius 3 is 2.48 bits per heavy atom. The highest BCUT2D eigenvalue weighted by atomic mass is 35.5. The number of nitrogens with zero attached hydrogens (tertiary/aromatic N) is 4. The molecule has 0 unspecified atom stereocenters. The number of piperazine rings is 1. The van der Waals surface area contributed by atoms with Crippen LogP contribution in [0.1, 0.15) is 23.6 Å². The maximum atomic E-state index is 13.0. The van der Waals surface area contributed by atoms with Crippen LogP contribution in [0.15, 0.2) is 42.5 Å². The lowest BCUT2D eigenvalue weighted by molar-refractivity contribution is -0.129. The van der Waals surface area contributed by atoms with E-state index in [4.69, 9.17) is 11.6 Å². The molecule has 2 aromatic rings. The van der Waals surface area contributed by atoms with Gasteiger partial charge in [0.05, 0.1) is 0 Å². The average molecular weight is 491 g/mol. The molecule has 1 saturated heterocycles. The van der Waals surface area contributed by atoms with Gasteiger partial charge in [0.15, 0.2) is 0 Å². The quantitative estimate of drug-likeness (QED) is 0.623. The molecule has 2 aliphatic heterocycles. The topological polar surface area (TPSA) is 64.2 Å². The fraction of sp³-hybridized carbons (Fsp3) is 0.458. The Morgan fingerprint density at radius 2 is 1.79 bits per heavy atom. The Bertz CT molecular complexity index is 1120. The summed E-state index contributed by atoms with van der Waals surface area (Å²) < 4.78 is 27.3. The standard InChI is InChI=1S/C24H31ClN4O3S/c1-19(30)28-10-12-29(13-11-28)24-7-6-22-17-27(9-8-21(22)15-24)18-33(31,32)26(2)16-20-4-3-5-23(25)14-20/h3-7,14-15H,8-13,16-18H2,1-2H3. The van der Waals surface area contributed by atoms with E-state index in [1.54, 1.807) is 26.1 Å². The Hall–Kier alpha value is -2.13. The normalized spacial score (nSPS) is 17.3. The second-order valence-corrected chi connectivity index (χ2v) is 11.4. The number of benzene rings is 2. The van der Waals surface area contributed by atoms with E-state index in [9.17, 15) is 13.2 Å². The van der Waals surface area contributed by atoms with E-state index >= 15 is 0 Å². The highest BCUT2D eigenvalue weighted by Crippen LogP contribution is 2.26. The molecule has 9 heteroatoms. The van der Waals surface area contributed by atoms with E-state index in [1.807, 2.05) is 21.9 Å². The first-order valence-corrected chi connectivity index (χ1v) is 13.2. The van der Waals surface area contributed by atoms with Gasteiger partial charge in [0.2, 0.25) is 15.9 Å². The molecule has 0 saturated carbocycles. The minimum atomic E-state index is -3.44. The molecule has 0 aromatic heterocycles. The van der Waals surface area contributed by atoms with Crippen LogP contribution < -0.4 is 4.90 Å². The van der Waals surface area contributed by atoms with Crippen LogP contribution in [0.5, 0.6) is 0 Å². The van der Waals surface area contributed by atoms with Gasteiger partial charge in [0, 0.05) is 70.5 Å². The van der Waals surface area contributed by atoms with Crippen LogP contribution in [0.3, 0.4) is 0 Å². The third kappa shape index (κ3) is 5.87. The van der Waals surface area contributed by atoms with Gasteiger partial charge in [-0.1, -0.05) is 29.8 Å². The average Bonchev–Trinajstić information content (AvgIpc) is 2.78. The Kier molecular flexibility index (Phi) is 7.28. The van der Waals surface area contributed by atoms with Crippen molar-refractivity contribution < 1.29 is 13.2 Å². The van der Waals surface area contributed by atoms with Crippen molar-refractivity contribution >= 4 is 33.2 Å². The number of amides is 1. The number of carbonyl (C=O) groups is 1. The van der Waals surface area contributed by atoms with Crippen molar-refractivity contribution in [3.05, 3.63) is 64.2 Å². The van der Waals surface area contributed by atoms with E-state index in [-0.39, 0.29) is 11.8 Å². The zero-order chi connectivity index (χ0) is 23.6. The SMILES string of the molecule is CC(=O)N1CCN(c2ccc3c(c2)CCN(CS(=O)(=O)N(C)Cc2cccc(Cl)c2)C3)CC1. The minimum absolute atomic E-state index is 0.00172. The molecule has 33 heavy (non-hydrogen) atoms. The Balaban J connectivity index is 1.36. The molecular formula is C24H31ClN4O3S. The highest BCUT2D eigenvalue weighted by Gasteiger charge is 2.26. The fourth-order valence-corrected chi connectivity index (χ4v) is 5.94. The Morgan fingerprint density at radius 1 is 1.03 bits per heavy atom. The summed E-state index contributed by atoms with van der Waals surface area (Å²) in [7, 11) is -1.82. The molecule has 0 N–H and O–H groups in total. The zero-order valence-electron chi connectivity index (χ0n) is 19.2. The van der Waals surface area contributed by atoms with Crippen LogP contribution in [-0.4, -0.2) is 74.1 Å². The van der Waals surface area contributed by atoms with Crippen molar-refractivity contribution in [2.75, 3.05) is 50.5 Å². The van der Waals surface area contributed by atoms with Crippen molar-refractivity contribution in [3.63, 3.8) is 0 Å². The number of rotatable bonds is 6. The summed E-state index contributed by atoms with van der Waals surface area (Å²) in [4.78, 5) is 17.8. The van der Waals surface area contributed by atoms with Crippen molar-refractivity contribution in [2.45, 2.75) is 26.4 Å². The van der Waals surface area contributed by atoms with Gasteiger partial charge in [-0.3, -0.25) is 9.69 Å². The maximum absolute atomic E-state index is 13.0. The molecule has 0 atom stereocenters. The van der Waals surface area contributed by atoms with Gasteiger partial charge in [-0.25, -0.2) is 8.42 Å². The molecule has 1 amide bonds. The summed E-state index contributed by atoms with van der Waals surface area (Å²) in [5, 5.41) is 0.603. The first kappa shape index (κ1) is 24.0. The Labute approximate surface area is 201 Å². The second-order valence-electron chi connectivity index (χ2n) is 8.88. The van der Waals surface area contributed by atoms with Crippen LogP contribution in [0.25, 0.3) is 0 Å². The minimum Gasteiger partial charge on any atom is -0.368 e. The summed E-state index contributed by atoms with van der Waals surface area (Å²) >= 11 is 6.03. The van der Waals surface area contributed by atoms with Crippen LogP contribution in [0.2, 0.25) is 5.02 Å². The number of anilines is 1. The number of carbonyl (C=O) groups excluding carboxylic acids is 1. The molecule has 2 aromatic carbocycles. The molecule has 4 rings (SSSR count). The van der Waals surface area contributed by atoms with Gasteiger partial charge < -0.3 is 9.80 Å². The maximum Gasteiger partial charge on any atom is 0.227 e. The zero-order valence-corrected chi connectivity index (χ0v) is 20.8. The van der Waals surface area contributed by atoms with Gasteiger partial charge in [-0.05, 0) is 47.4 Å². The van der Waals surface area contributed by atoms with E-state index < -0.39 is 10.0 Å². The lowest BCUT2D eigenvalue weighted by atomic mass is 9.99. The summed E-state index contributed by atoms with van der Waals surface area (Å²) in [6.07, 6.45) is 0.824. The molecule has 0 spiro atoms. The van der Waals surface area contributed by atoms with E-state index in [0.29, 0.717) is 24.7 Å². The summed E-state index contributed by atoms with van der Waals surface area (Å²) in [6.45, 7) is 6.42. The lowest BCUT2D eigenvalue weighted by Crippen LogP contribution is -2.48. The molecule has 0 bridgehead atoms. The van der Waals surface area contributed by atoms with Crippen molar-refractivity contribution in [1.82, 2.24) is 14.1 Å². The van der Waals surface area contributed by atoms with Crippen LogP contribution in [-0.2, 0) is 34.3 Å². The number of fused-ring (bicyclic) bond motifs is 1. The van der Waals surface area contributed by atoms with Crippen LogP contribution >= 0.6 is 11.6 Å². The smallest absolute Gasteiger partial charge is 0.227 e. The number of halogens is 1. The van der Waals surface area contributed by atoms with Crippen molar-refractivity contribution in [2.24, 2.45) is 0 Å². The first-order valence-electron chi connectivity index (χ1n) is 11.2. The monoisotopic (exact) mass is 490 g/mol. The van der Waals surface area contributed by atoms with E-state index in [2.05, 4.69) is 23.1 Å². The molecular weight excluding hydrogens is 460 g/mol. The molecule has 178 valence electrons. The molecule has 2 heterocycles. The van der Waals surface area contributed by atoms with E-state index in [0.717, 1.165) is 38.2 Å². The molecule has 1 fully saturated rings. The predicted octanol–water partition coefficient (Wildman–Crippen LogP) is 2.79. The van der Waals surface area contributed by atoms with Crippen LogP contribution in [0, 0.1) is 0 Å². The number of hydrogen-bond donors (Lipinski definition) is 0. The van der Waals surface area contributed by atoms with Gasteiger partial charge in [-0.15, -0.1) is 0 Å². The number of hydrogen-bond acceptors (Lipinski definition) is 5. The predicted molar refractivity (Wildman–Crippen MR) is 132 cm³/mol. The fourth-order valence-electron chi connectivity index (χ4n) is 4.50. The van der Waals surface area contributed by atoms with Crippen molar-refractivity contribution in [1.29, 1.82) is 0 Å². The van der Waals surface area contributed by atoms with E-state index in [1.165, 1.54) is 21.1 Å². The van der Waals surface area contributed by atoms with Gasteiger partial charge >= 0.3 is 0 Å². The molecule has 7 nitrogen and oxygen atoms in total.